The van der Waals surface area contributed by atoms with E-state index in [0.29, 0.717) is 23.6 Å². The van der Waals surface area contributed by atoms with Crippen LogP contribution in [-0.4, -0.2) is 21.6 Å². The number of halogens is 1. The zero-order chi connectivity index (χ0) is 21.6. The number of benzene rings is 2. The van der Waals surface area contributed by atoms with Crippen LogP contribution in [0.1, 0.15) is 24.0 Å². The van der Waals surface area contributed by atoms with Crippen molar-refractivity contribution in [2.45, 2.75) is 31.2 Å². The number of thioether (sulfide) groups is 1. The molecule has 0 atom stereocenters. The summed E-state index contributed by atoms with van der Waals surface area (Å²) in [6.45, 7) is 2.48. The fourth-order valence-corrected chi connectivity index (χ4v) is 4.98. The molecule has 0 N–H and O–H groups in total. The van der Waals surface area contributed by atoms with Crippen molar-refractivity contribution in [1.82, 2.24) is 9.97 Å². The van der Waals surface area contributed by atoms with Gasteiger partial charge < -0.3 is 0 Å². The molecule has 0 radical (unpaired) electrons. The van der Waals surface area contributed by atoms with Crippen LogP contribution in [0.15, 0.2) is 71.9 Å². The number of carbonyl (C=O) groups is 1. The van der Waals surface area contributed by atoms with Gasteiger partial charge in [-0.15, -0.1) is 11.8 Å². The van der Waals surface area contributed by atoms with Crippen LogP contribution < -0.4 is 4.90 Å². The topological polar surface area (TPSA) is 46.1 Å². The molecule has 4 aromatic rings. The van der Waals surface area contributed by atoms with Crippen LogP contribution in [0.3, 0.4) is 0 Å². The molecule has 0 bridgehead atoms. The fourth-order valence-electron chi connectivity index (χ4n) is 3.12. The average molecular weight is 452 g/mol. The Kier molecular flexibility index (Phi) is 6.94. The number of carbonyl (C=O) groups excluding carboxylic acids is 1. The number of thiazole rings is 1. The van der Waals surface area contributed by atoms with Crippen molar-refractivity contribution >= 4 is 44.4 Å². The Bertz CT molecular complexity index is 1160. The summed E-state index contributed by atoms with van der Waals surface area (Å²) in [5.41, 5.74) is 2.91. The Morgan fingerprint density at radius 3 is 2.65 bits per heavy atom. The van der Waals surface area contributed by atoms with Crippen molar-refractivity contribution < 1.29 is 9.18 Å². The molecule has 1 amide bonds. The summed E-state index contributed by atoms with van der Waals surface area (Å²) in [6, 6.07) is 16.7. The lowest BCUT2D eigenvalue weighted by Gasteiger charge is -2.20. The number of aryl methyl sites for hydroxylation is 1. The van der Waals surface area contributed by atoms with Crippen LogP contribution in [0.4, 0.5) is 9.52 Å². The number of hydrogen-bond donors (Lipinski definition) is 0. The van der Waals surface area contributed by atoms with E-state index >= 15 is 0 Å². The maximum absolute atomic E-state index is 13.6. The molecule has 2 aromatic carbocycles. The molecule has 0 saturated heterocycles. The minimum atomic E-state index is -0.303. The quantitative estimate of drug-likeness (QED) is 0.235. The maximum Gasteiger partial charge on any atom is 0.229 e. The minimum Gasteiger partial charge on any atom is -0.284 e. The van der Waals surface area contributed by atoms with Gasteiger partial charge in [-0.25, -0.2) is 9.37 Å². The highest BCUT2D eigenvalue weighted by Crippen LogP contribution is 2.31. The maximum atomic E-state index is 13.6. The van der Waals surface area contributed by atoms with Gasteiger partial charge in [0.1, 0.15) is 5.82 Å². The highest BCUT2D eigenvalue weighted by molar-refractivity contribution is 7.99. The third-order valence-corrected chi connectivity index (χ3v) is 6.93. The van der Waals surface area contributed by atoms with E-state index in [1.54, 1.807) is 35.1 Å². The first-order valence-corrected chi connectivity index (χ1v) is 11.8. The normalized spacial score (nSPS) is 11.0. The minimum absolute atomic E-state index is 0.0147. The van der Waals surface area contributed by atoms with E-state index in [9.17, 15) is 9.18 Å². The van der Waals surface area contributed by atoms with Gasteiger partial charge >= 0.3 is 0 Å². The number of pyridine rings is 1. The SMILES string of the molecule is Cc1ccc(SCCCC(=O)N(Cc2ccncc2)c2nc3ccc(F)cc3s2)cc1. The van der Waals surface area contributed by atoms with Gasteiger partial charge in [0.15, 0.2) is 5.13 Å². The zero-order valence-electron chi connectivity index (χ0n) is 17.1. The molecule has 2 aromatic heterocycles. The molecule has 0 saturated carbocycles. The van der Waals surface area contributed by atoms with Gasteiger partial charge in [0.25, 0.3) is 0 Å². The number of hydrogen-bond acceptors (Lipinski definition) is 5. The molecule has 0 aliphatic rings. The Morgan fingerprint density at radius 2 is 1.87 bits per heavy atom. The first-order chi connectivity index (χ1) is 15.1. The highest BCUT2D eigenvalue weighted by Gasteiger charge is 2.20. The summed E-state index contributed by atoms with van der Waals surface area (Å²) in [5, 5.41) is 0.591. The van der Waals surface area contributed by atoms with Crippen molar-refractivity contribution in [3.8, 4) is 0 Å². The third kappa shape index (κ3) is 5.68. The number of fused-ring (bicyclic) bond motifs is 1. The summed E-state index contributed by atoms with van der Waals surface area (Å²) < 4.78 is 14.3. The molecule has 0 unspecified atom stereocenters. The van der Waals surface area contributed by atoms with Crippen molar-refractivity contribution in [1.29, 1.82) is 0 Å². The Balaban J connectivity index is 1.46. The first kappa shape index (κ1) is 21.5. The van der Waals surface area contributed by atoms with Crippen LogP contribution in [0.5, 0.6) is 0 Å². The predicted molar refractivity (Wildman–Crippen MR) is 126 cm³/mol. The molecule has 7 heteroatoms. The van der Waals surface area contributed by atoms with E-state index in [2.05, 4.69) is 41.2 Å². The number of nitrogens with zero attached hydrogens (tertiary/aromatic N) is 3. The van der Waals surface area contributed by atoms with Gasteiger partial charge in [-0.3, -0.25) is 14.7 Å². The molecule has 2 heterocycles. The number of amides is 1. The molecule has 4 nitrogen and oxygen atoms in total. The summed E-state index contributed by atoms with van der Waals surface area (Å²) in [5.74, 6) is 0.576. The lowest BCUT2D eigenvalue weighted by atomic mass is 10.2. The molecular weight excluding hydrogens is 429 g/mol. The van der Waals surface area contributed by atoms with Crippen LogP contribution in [0.2, 0.25) is 0 Å². The Morgan fingerprint density at radius 1 is 1.10 bits per heavy atom. The Hall–Kier alpha value is -2.77. The van der Waals surface area contributed by atoms with Gasteiger partial charge in [-0.2, -0.15) is 0 Å². The lowest BCUT2D eigenvalue weighted by molar-refractivity contribution is -0.118. The average Bonchev–Trinajstić information content (AvgIpc) is 3.19. The van der Waals surface area contributed by atoms with E-state index in [1.165, 1.54) is 33.9 Å². The Labute approximate surface area is 189 Å². The molecule has 0 aliphatic heterocycles. The van der Waals surface area contributed by atoms with Crippen LogP contribution in [0, 0.1) is 12.7 Å². The second-order valence-electron chi connectivity index (χ2n) is 7.21. The highest BCUT2D eigenvalue weighted by atomic mass is 32.2. The summed E-state index contributed by atoms with van der Waals surface area (Å²) in [6.07, 6.45) is 4.62. The molecule has 0 aliphatic carbocycles. The van der Waals surface area contributed by atoms with Crippen LogP contribution >= 0.6 is 23.1 Å². The van der Waals surface area contributed by atoms with Gasteiger partial charge in [0, 0.05) is 23.7 Å². The van der Waals surface area contributed by atoms with Crippen LogP contribution in [-0.2, 0) is 11.3 Å². The van der Waals surface area contributed by atoms with Gasteiger partial charge in [-0.05, 0) is 67.1 Å². The standard InChI is InChI=1S/C24H22FN3OS2/c1-17-4-7-20(8-5-17)30-14-2-3-23(29)28(16-18-10-12-26-13-11-18)24-27-21-9-6-19(25)15-22(21)31-24/h4-13,15H,2-3,14,16H2,1H3. The smallest absolute Gasteiger partial charge is 0.229 e. The van der Waals surface area contributed by atoms with E-state index < -0.39 is 0 Å². The molecule has 0 fully saturated rings. The molecule has 4 rings (SSSR count). The molecule has 31 heavy (non-hydrogen) atoms. The molecule has 158 valence electrons. The van der Waals surface area contributed by atoms with Crippen LogP contribution in [0.25, 0.3) is 10.2 Å². The summed E-state index contributed by atoms with van der Waals surface area (Å²) in [7, 11) is 0. The second kappa shape index (κ2) is 10.0. The first-order valence-electron chi connectivity index (χ1n) is 10.0. The van der Waals surface area contributed by atoms with Gasteiger partial charge in [0.2, 0.25) is 5.91 Å². The van der Waals surface area contributed by atoms with Crippen molar-refractivity contribution in [3.63, 3.8) is 0 Å². The second-order valence-corrected chi connectivity index (χ2v) is 9.39. The number of rotatable bonds is 8. The van der Waals surface area contributed by atoms with Crippen molar-refractivity contribution in [2.24, 2.45) is 0 Å². The van der Waals surface area contributed by atoms with E-state index in [4.69, 9.17) is 0 Å². The summed E-state index contributed by atoms with van der Waals surface area (Å²) >= 11 is 3.09. The van der Waals surface area contributed by atoms with E-state index in [1.807, 2.05) is 12.1 Å². The van der Waals surface area contributed by atoms with Gasteiger partial charge in [-0.1, -0.05) is 29.0 Å². The van der Waals surface area contributed by atoms with E-state index in [0.717, 1.165) is 22.4 Å². The number of anilines is 1. The number of aromatic nitrogens is 2. The van der Waals surface area contributed by atoms with Gasteiger partial charge in [0.05, 0.1) is 16.8 Å². The molecule has 0 spiro atoms. The third-order valence-electron chi connectivity index (χ3n) is 4.79. The van der Waals surface area contributed by atoms with Crippen molar-refractivity contribution in [2.75, 3.05) is 10.7 Å². The molecular formula is C24H22FN3OS2. The monoisotopic (exact) mass is 451 g/mol. The lowest BCUT2D eigenvalue weighted by Crippen LogP contribution is -2.30. The largest absolute Gasteiger partial charge is 0.284 e. The fraction of sp³-hybridized carbons (Fsp3) is 0.208. The van der Waals surface area contributed by atoms with E-state index in [-0.39, 0.29) is 11.7 Å². The summed E-state index contributed by atoms with van der Waals surface area (Å²) in [4.78, 5) is 24.7. The predicted octanol–water partition coefficient (Wildman–Crippen LogP) is 6.24. The van der Waals surface area contributed by atoms with Crippen molar-refractivity contribution in [3.05, 3.63) is 83.9 Å². The zero-order valence-corrected chi connectivity index (χ0v) is 18.8.